The van der Waals surface area contributed by atoms with E-state index in [-0.39, 0.29) is 12.4 Å². The third-order valence-corrected chi connectivity index (χ3v) is 9.59. The fraction of sp³-hybridized carbons (Fsp3) is 0.938. The predicted octanol–water partition coefficient (Wildman–Crippen LogP) is 4.07. The monoisotopic (exact) mass is 637 g/mol. The van der Waals surface area contributed by atoms with E-state index in [4.69, 9.17) is 9.47 Å². The topological polar surface area (TPSA) is 166 Å². The number of unbranched alkanes of at least 4 members (excludes halogenated alkanes) is 16. The average Bonchev–Trinajstić information content (AvgIpc) is 2.98. The average molecular weight is 638 g/mol. The van der Waals surface area contributed by atoms with E-state index in [2.05, 4.69) is 18.6 Å². The zero-order valence-corrected chi connectivity index (χ0v) is 27.6. The van der Waals surface area contributed by atoms with Gasteiger partial charge in [0.05, 0.1) is 31.1 Å². The highest BCUT2D eigenvalue weighted by molar-refractivity contribution is 7.89. The van der Waals surface area contributed by atoms with E-state index >= 15 is 0 Å². The Morgan fingerprint density at radius 3 is 1.81 bits per heavy atom. The van der Waals surface area contributed by atoms with Gasteiger partial charge >= 0.3 is 0 Å². The third kappa shape index (κ3) is 18.2. The van der Waals surface area contributed by atoms with E-state index in [1.54, 1.807) is 6.08 Å². The maximum Gasteiger partial charge on any atom is 0.212 e. The Morgan fingerprint density at radius 1 is 0.767 bits per heavy atom. The van der Waals surface area contributed by atoms with Gasteiger partial charge in [-0.25, -0.2) is 13.1 Å². The molecule has 256 valence electrons. The van der Waals surface area contributed by atoms with Crippen LogP contribution in [0.1, 0.15) is 129 Å². The summed E-state index contributed by atoms with van der Waals surface area (Å²) in [6.45, 7) is 3.39. The van der Waals surface area contributed by atoms with E-state index in [0.717, 1.165) is 51.4 Å². The maximum absolute atomic E-state index is 12.8. The standard InChI is InChI=1S/C32H63NO9S/c1-3-5-7-9-11-12-13-14-15-16-17-18-20-22-27(35)26(33-43(39,40)23-21-19-10-8-6-4-2)25-41-32-31(38)30(37)29(36)28(24-34)42-32/h20,22,26-38H,3-19,21,23-25H2,1-2H3/t26?,27?,28?,29-,30?,31+,32-/m1/s1. The summed E-state index contributed by atoms with van der Waals surface area (Å²) in [4.78, 5) is 0. The van der Waals surface area contributed by atoms with Gasteiger partial charge in [-0.1, -0.05) is 122 Å². The molecule has 6 N–H and O–H groups in total. The second kappa shape index (κ2) is 24.6. The smallest absolute Gasteiger partial charge is 0.212 e. The lowest BCUT2D eigenvalue weighted by atomic mass is 9.99. The summed E-state index contributed by atoms with van der Waals surface area (Å²) >= 11 is 0. The third-order valence-electron chi connectivity index (χ3n) is 8.11. The molecule has 11 heteroatoms. The van der Waals surface area contributed by atoms with Gasteiger partial charge in [-0.2, -0.15) is 0 Å². The molecule has 1 heterocycles. The minimum absolute atomic E-state index is 0.0785. The van der Waals surface area contributed by atoms with Crippen molar-refractivity contribution in [1.29, 1.82) is 0 Å². The highest BCUT2D eigenvalue weighted by atomic mass is 32.2. The summed E-state index contributed by atoms with van der Waals surface area (Å²) < 4.78 is 39.2. The minimum atomic E-state index is -3.73. The lowest BCUT2D eigenvalue weighted by Gasteiger charge is -2.40. The molecule has 1 aliphatic heterocycles. The molecular formula is C32H63NO9S. The number of hydrogen-bond donors (Lipinski definition) is 6. The van der Waals surface area contributed by atoms with Crippen LogP contribution in [0.2, 0.25) is 0 Å². The van der Waals surface area contributed by atoms with Gasteiger partial charge in [0.1, 0.15) is 24.4 Å². The molecule has 0 bridgehead atoms. The van der Waals surface area contributed by atoms with E-state index in [9.17, 15) is 34.0 Å². The number of sulfonamides is 1. The summed E-state index contributed by atoms with van der Waals surface area (Å²) in [6.07, 6.45) is 14.9. The van der Waals surface area contributed by atoms with E-state index in [0.29, 0.717) is 6.42 Å². The first-order chi connectivity index (χ1) is 20.7. The Labute approximate surface area is 261 Å². The van der Waals surface area contributed by atoms with Crippen LogP contribution in [-0.2, 0) is 19.5 Å². The maximum atomic E-state index is 12.8. The Morgan fingerprint density at radius 2 is 1.28 bits per heavy atom. The van der Waals surface area contributed by atoms with Crippen molar-refractivity contribution < 1.29 is 43.4 Å². The summed E-state index contributed by atoms with van der Waals surface area (Å²) in [5.41, 5.74) is 0. The van der Waals surface area contributed by atoms with Gasteiger partial charge in [0.25, 0.3) is 0 Å². The largest absolute Gasteiger partial charge is 0.394 e. The molecule has 10 nitrogen and oxygen atoms in total. The van der Waals surface area contributed by atoms with Crippen LogP contribution >= 0.6 is 0 Å². The first kappa shape index (κ1) is 40.4. The molecule has 0 spiro atoms. The van der Waals surface area contributed by atoms with Gasteiger partial charge in [-0.15, -0.1) is 0 Å². The molecule has 1 fully saturated rings. The van der Waals surface area contributed by atoms with Crippen molar-refractivity contribution in [2.75, 3.05) is 19.0 Å². The fourth-order valence-corrected chi connectivity index (χ4v) is 6.63. The van der Waals surface area contributed by atoms with Crippen molar-refractivity contribution in [2.45, 2.75) is 172 Å². The van der Waals surface area contributed by atoms with E-state index in [1.807, 2.05) is 6.08 Å². The van der Waals surface area contributed by atoms with Gasteiger partial charge in [0, 0.05) is 0 Å². The van der Waals surface area contributed by atoms with Crippen LogP contribution in [0.15, 0.2) is 12.2 Å². The molecule has 0 saturated carbocycles. The number of aliphatic hydroxyl groups is 5. The Kier molecular flexibility index (Phi) is 23.1. The van der Waals surface area contributed by atoms with Crippen molar-refractivity contribution in [3.05, 3.63) is 12.2 Å². The Balaban J connectivity index is 2.59. The van der Waals surface area contributed by atoms with E-state index in [1.165, 1.54) is 57.8 Å². The summed E-state index contributed by atoms with van der Waals surface area (Å²) in [5.74, 6) is -0.0785. The van der Waals surface area contributed by atoms with Crippen molar-refractivity contribution in [1.82, 2.24) is 4.72 Å². The van der Waals surface area contributed by atoms with Crippen molar-refractivity contribution in [2.24, 2.45) is 0 Å². The minimum Gasteiger partial charge on any atom is -0.394 e. The van der Waals surface area contributed by atoms with Crippen LogP contribution in [0.4, 0.5) is 0 Å². The van der Waals surface area contributed by atoms with Gasteiger partial charge < -0.3 is 35.0 Å². The van der Waals surface area contributed by atoms with Crippen molar-refractivity contribution in [3.63, 3.8) is 0 Å². The molecule has 0 aromatic carbocycles. The quantitative estimate of drug-likeness (QED) is 0.0575. The lowest BCUT2D eigenvalue weighted by Crippen LogP contribution is -2.60. The Hall–Kier alpha value is -0.630. The van der Waals surface area contributed by atoms with Gasteiger partial charge in [-0.3, -0.25) is 0 Å². The van der Waals surface area contributed by atoms with Crippen molar-refractivity contribution >= 4 is 10.0 Å². The molecular weight excluding hydrogens is 574 g/mol. The SMILES string of the molecule is CCCCCCCCCCCCCC=CC(O)C(CO[C@@H]1OC(CO)[C@@H](O)C(O)[C@@H]1O)NS(=O)(=O)CCCCCCCC. The number of nitrogens with one attached hydrogen (secondary N) is 1. The molecule has 0 radical (unpaired) electrons. The van der Waals surface area contributed by atoms with Gasteiger partial charge in [0.15, 0.2) is 6.29 Å². The number of aliphatic hydroxyl groups excluding tert-OH is 5. The zero-order valence-electron chi connectivity index (χ0n) is 26.8. The molecule has 7 atom stereocenters. The first-order valence-corrected chi connectivity index (χ1v) is 18.6. The highest BCUT2D eigenvalue weighted by Crippen LogP contribution is 2.22. The van der Waals surface area contributed by atoms with Crippen LogP contribution in [0.3, 0.4) is 0 Å². The molecule has 1 aliphatic rings. The molecule has 1 saturated heterocycles. The van der Waals surface area contributed by atoms with Crippen molar-refractivity contribution in [3.8, 4) is 0 Å². The number of hydrogen-bond acceptors (Lipinski definition) is 9. The van der Waals surface area contributed by atoms with Crippen LogP contribution in [0.25, 0.3) is 0 Å². The molecule has 43 heavy (non-hydrogen) atoms. The number of allylic oxidation sites excluding steroid dienone is 1. The summed E-state index contributed by atoms with van der Waals surface area (Å²) in [7, 11) is -3.73. The molecule has 1 rings (SSSR count). The lowest BCUT2D eigenvalue weighted by molar-refractivity contribution is -0.302. The van der Waals surface area contributed by atoms with Gasteiger partial charge in [-0.05, 0) is 19.3 Å². The second-order valence-corrected chi connectivity index (χ2v) is 14.0. The predicted molar refractivity (Wildman–Crippen MR) is 170 cm³/mol. The number of ether oxygens (including phenoxy) is 2. The van der Waals surface area contributed by atoms with Crippen LogP contribution in [0.5, 0.6) is 0 Å². The number of rotatable bonds is 27. The Bertz CT molecular complexity index is 796. The van der Waals surface area contributed by atoms with E-state index < -0.39 is 59.5 Å². The highest BCUT2D eigenvalue weighted by Gasteiger charge is 2.44. The van der Waals surface area contributed by atoms with Crippen LogP contribution in [-0.4, -0.2) is 95.8 Å². The van der Waals surface area contributed by atoms with Crippen LogP contribution < -0.4 is 4.72 Å². The zero-order chi connectivity index (χ0) is 31.9. The second-order valence-electron chi connectivity index (χ2n) is 12.1. The summed E-state index contributed by atoms with van der Waals surface area (Å²) in [6, 6.07) is -1.06. The molecule has 0 amide bonds. The summed E-state index contributed by atoms with van der Waals surface area (Å²) in [5, 5.41) is 50.6. The molecule has 0 aromatic rings. The first-order valence-electron chi connectivity index (χ1n) is 16.9. The van der Waals surface area contributed by atoms with Gasteiger partial charge in [0.2, 0.25) is 10.0 Å². The molecule has 4 unspecified atom stereocenters. The normalized spacial score (nSPS) is 24.5. The fourth-order valence-electron chi connectivity index (χ4n) is 5.26. The van der Waals surface area contributed by atoms with Crippen LogP contribution in [0, 0.1) is 0 Å². The molecule has 0 aliphatic carbocycles. The molecule has 0 aromatic heterocycles.